The molecule has 26 heavy (non-hydrogen) atoms. The van der Waals surface area contributed by atoms with Crippen molar-refractivity contribution in [3.05, 3.63) is 0 Å². The quantitative estimate of drug-likeness (QED) is 0.664. The number of hydrogen-bond acceptors (Lipinski definition) is 3. The highest BCUT2D eigenvalue weighted by molar-refractivity contribution is 5.76. The number of likely N-dealkylation sites (tertiary alicyclic amines) is 3. The van der Waals surface area contributed by atoms with E-state index in [9.17, 15) is 9.59 Å². The van der Waals surface area contributed by atoms with Crippen LogP contribution < -0.4 is 0 Å². The van der Waals surface area contributed by atoms with Gasteiger partial charge in [0.15, 0.2) is 0 Å². The maximum Gasteiger partial charge on any atom is 0.410 e. The number of carbonyl (C=O) groups excluding carboxylic acids is 2. The molecule has 3 amide bonds. The molecule has 4 fully saturated rings. The van der Waals surface area contributed by atoms with Crippen molar-refractivity contribution in [3.8, 4) is 0 Å². The molecule has 0 bridgehead atoms. The second-order valence-electron chi connectivity index (χ2n) is 9.96. The minimum atomic E-state index is -0.445. The van der Waals surface area contributed by atoms with Crippen molar-refractivity contribution < 1.29 is 14.3 Å². The third-order valence-electron chi connectivity index (χ3n) is 6.80. The predicted octanol–water partition coefficient (Wildman–Crippen LogP) is 3.17. The Balaban J connectivity index is 1.24. The molecule has 1 aliphatic carbocycles. The highest BCUT2D eigenvalue weighted by atomic mass is 16.6. The molecule has 0 aromatic heterocycles. The van der Waals surface area contributed by atoms with Gasteiger partial charge >= 0.3 is 12.1 Å². The van der Waals surface area contributed by atoms with E-state index in [1.54, 1.807) is 0 Å². The zero-order valence-electron chi connectivity index (χ0n) is 16.5. The summed E-state index contributed by atoms with van der Waals surface area (Å²) < 4.78 is 5.48. The fourth-order valence-corrected chi connectivity index (χ4v) is 5.30. The number of carbonyl (C=O) groups is 2. The summed E-state index contributed by atoms with van der Waals surface area (Å²) in [6.07, 6.45) is 5.70. The second-order valence-corrected chi connectivity index (χ2v) is 9.96. The summed E-state index contributed by atoms with van der Waals surface area (Å²) >= 11 is 0. The predicted molar refractivity (Wildman–Crippen MR) is 98.8 cm³/mol. The lowest BCUT2D eigenvalue weighted by Crippen LogP contribution is -2.64. The number of ether oxygens (including phenoxy) is 1. The van der Waals surface area contributed by atoms with Crippen LogP contribution in [0.3, 0.4) is 0 Å². The molecule has 2 atom stereocenters. The maximum atomic E-state index is 12.8. The summed E-state index contributed by atoms with van der Waals surface area (Å²) in [7, 11) is 0. The van der Waals surface area contributed by atoms with Gasteiger partial charge in [-0.1, -0.05) is 6.42 Å². The van der Waals surface area contributed by atoms with Crippen molar-refractivity contribution in [1.29, 1.82) is 0 Å². The summed E-state index contributed by atoms with van der Waals surface area (Å²) in [6, 6.07) is 0.250. The first-order valence-corrected chi connectivity index (χ1v) is 10.3. The van der Waals surface area contributed by atoms with Crippen molar-refractivity contribution in [2.75, 3.05) is 39.3 Å². The number of hydrogen-bond donors (Lipinski definition) is 0. The summed E-state index contributed by atoms with van der Waals surface area (Å²) in [6.45, 7) is 10.9. The van der Waals surface area contributed by atoms with Crippen molar-refractivity contribution in [3.63, 3.8) is 0 Å². The molecule has 4 aliphatic rings. The van der Waals surface area contributed by atoms with Gasteiger partial charge < -0.3 is 19.4 Å². The summed E-state index contributed by atoms with van der Waals surface area (Å²) in [4.78, 5) is 30.9. The lowest BCUT2D eigenvalue weighted by molar-refractivity contribution is -0.0372. The van der Waals surface area contributed by atoms with Crippen molar-refractivity contribution in [1.82, 2.24) is 14.7 Å². The van der Waals surface area contributed by atoms with Crippen LogP contribution in [0.4, 0.5) is 9.59 Å². The van der Waals surface area contributed by atoms with Gasteiger partial charge in [0.1, 0.15) is 5.60 Å². The molecule has 146 valence electrons. The molecule has 3 aliphatic heterocycles. The van der Waals surface area contributed by atoms with E-state index in [0.717, 1.165) is 63.9 Å². The molecule has 2 unspecified atom stereocenters. The summed E-state index contributed by atoms with van der Waals surface area (Å²) in [5, 5.41) is 0. The fourth-order valence-electron chi connectivity index (χ4n) is 5.30. The van der Waals surface area contributed by atoms with Gasteiger partial charge in [0.25, 0.3) is 0 Å². The van der Waals surface area contributed by atoms with Crippen LogP contribution in [0.1, 0.15) is 52.9 Å². The van der Waals surface area contributed by atoms with Crippen molar-refractivity contribution >= 4 is 12.1 Å². The van der Waals surface area contributed by atoms with E-state index in [-0.39, 0.29) is 17.5 Å². The monoisotopic (exact) mass is 363 g/mol. The molecule has 1 spiro atoms. The fraction of sp³-hybridized carbons (Fsp3) is 0.900. The summed E-state index contributed by atoms with van der Waals surface area (Å²) in [5.74, 6) is 1.51. The minimum absolute atomic E-state index is 0.205. The van der Waals surface area contributed by atoms with Crippen LogP contribution in [0.5, 0.6) is 0 Å². The Morgan fingerprint density at radius 2 is 1.50 bits per heavy atom. The number of piperidine rings is 1. The second kappa shape index (κ2) is 6.31. The van der Waals surface area contributed by atoms with Crippen LogP contribution in [0.2, 0.25) is 0 Å². The van der Waals surface area contributed by atoms with Gasteiger partial charge in [0.2, 0.25) is 0 Å². The molecule has 4 rings (SSSR count). The van der Waals surface area contributed by atoms with Crippen LogP contribution in [0.15, 0.2) is 0 Å². The largest absolute Gasteiger partial charge is 0.444 e. The molecule has 0 aromatic rings. The van der Waals surface area contributed by atoms with Gasteiger partial charge in [0, 0.05) is 44.7 Å². The Morgan fingerprint density at radius 1 is 0.923 bits per heavy atom. The molecule has 1 saturated carbocycles. The number of rotatable bonds is 0. The van der Waals surface area contributed by atoms with Gasteiger partial charge in [-0.25, -0.2) is 9.59 Å². The minimum Gasteiger partial charge on any atom is -0.444 e. The Hall–Kier alpha value is -1.46. The Kier molecular flexibility index (Phi) is 4.35. The van der Waals surface area contributed by atoms with E-state index in [0.29, 0.717) is 0 Å². The van der Waals surface area contributed by atoms with Crippen LogP contribution in [-0.2, 0) is 4.74 Å². The SMILES string of the molecule is CC(C)(C)OC(=O)N1CCC2(CC1)CN(C(=O)N1CC3CCCC3C1)C2. The topological polar surface area (TPSA) is 53.1 Å². The van der Waals surface area contributed by atoms with Gasteiger partial charge in [-0.05, 0) is 58.3 Å². The van der Waals surface area contributed by atoms with Gasteiger partial charge in [0.05, 0.1) is 0 Å². The Labute approximate surface area is 156 Å². The van der Waals surface area contributed by atoms with Crippen molar-refractivity contribution in [2.24, 2.45) is 17.3 Å². The van der Waals surface area contributed by atoms with Crippen LogP contribution in [-0.4, -0.2) is 71.7 Å². The number of nitrogens with zero attached hydrogens (tertiary/aromatic N) is 3. The van der Waals surface area contributed by atoms with Gasteiger partial charge in [-0.3, -0.25) is 0 Å². The first-order chi connectivity index (χ1) is 12.2. The lowest BCUT2D eigenvalue weighted by Gasteiger charge is -2.54. The number of amides is 3. The van der Waals surface area contributed by atoms with E-state index < -0.39 is 5.60 Å². The Morgan fingerprint density at radius 3 is 2.04 bits per heavy atom. The van der Waals surface area contributed by atoms with E-state index in [2.05, 4.69) is 4.90 Å². The van der Waals surface area contributed by atoms with Gasteiger partial charge in [-0.15, -0.1) is 0 Å². The third kappa shape index (κ3) is 3.39. The average molecular weight is 364 g/mol. The molecule has 0 aromatic carbocycles. The Bertz CT molecular complexity index is 557. The molecule has 6 heteroatoms. The lowest BCUT2D eigenvalue weighted by atomic mass is 9.72. The molecular weight excluding hydrogens is 330 g/mol. The smallest absolute Gasteiger partial charge is 0.410 e. The maximum absolute atomic E-state index is 12.8. The van der Waals surface area contributed by atoms with Gasteiger partial charge in [-0.2, -0.15) is 0 Å². The molecule has 6 nitrogen and oxygen atoms in total. The number of urea groups is 1. The summed E-state index contributed by atoms with van der Waals surface area (Å²) in [5.41, 5.74) is -0.219. The van der Waals surface area contributed by atoms with Crippen LogP contribution in [0, 0.1) is 17.3 Å². The van der Waals surface area contributed by atoms with E-state index >= 15 is 0 Å². The molecule has 3 saturated heterocycles. The van der Waals surface area contributed by atoms with E-state index in [1.165, 1.54) is 19.3 Å². The van der Waals surface area contributed by atoms with Crippen molar-refractivity contribution in [2.45, 2.75) is 58.5 Å². The van der Waals surface area contributed by atoms with E-state index in [1.807, 2.05) is 30.6 Å². The highest BCUT2D eigenvalue weighted by Crippen LogP contribution is 2.43. The first kappa shape index (κ1) is 17.9. The normalized spacial score (nSPS) is 30.3. The first-order valence-electron chi connectivity index (χ1n) is 10.3. The zero-order valence-corrected chi connectivity index (χ0v) is 16.5. The van der Waals surface area contributed by atoms with Crippen LogP contribution in [0.25, 0.3) is 0 Å². The number of fused-ring (bicyclic) bond motifs is 1. The van der Waals surface area contributed by atoms with Crippen LogP contribution >= 0.6 is 0 Å². The molecular formula is C20H33N3O3. The third-order valence-corrected chi connectivity index (χ3v) is 6.80. The van der Waals surface area contributed by atoms with E-state index in [4.69, 9.17) is 4.74 Å². The highest BCUT2D eigenvalue weighted by Gasteiger charge is 2.49. The molecule has 0 N–H and O–H groups in total. The average Bonchev–Trinajstić information content (AvgIpc) is 3.12. The standard InChI is InChI=1S/C20H33N3O3/c1-19(2,3)26-18(25)21-9-7-20(8-10-21)13-23(14-20)17(24)22-11-15-5-4-6-16(15)12-22/h15-16H,4-14H2,1-3H3. The molecule has 0 radical (unpaired) electrons. The zero-order chi connectivity index (χ0) is 18.5. The molecule has 3 heterocycles.